The van der Waals surface area contributed by atoms with Crippen LogP contribution in [0.5, 0.6) is 0 Å². The molecule has 196 valence electrons. The molecule has 4 aliphatic rings. The molecule has 1 atom stereocenters. The quantitative estimate of drug-likeness (QED) is 0.506. The lowest BCUT2D eigenvalue weighted by atomic mass is 9.74. The van der Waals surface area contributed by atoms with E-state index in [0.717, 1.165) is 24.9 Å². The highest BCUT2D eigenvalue weighted by atomic mass is 35.5. The largest absolute Gasteiger partial charge is 0.372 e. The van der Waals surface area contributed by atoms with Crippen molar-refractivity contribution in [3.8, 4) is 0 Å². The Morgan fingerprint density at radius 1 is 1.08 bits per heavy atom. The van der Waals surface area contributed by atoms with Gasteiger partial charge in [0.1, 0.15) is 0 Å². The molecule has 0 aromatic heterocycles. The third kappa shape index (κ3) is 3.99. The number of nitrogens with zero attached hydrogens (tertiary/aromatic N) is 2. The smallest absolute Gasteiger partial charge is 0.268 e. The molecular formula is C29H33Cl2N3O3. The summed E-state index contributed by atoms with van der Waals surface area (Å²) < 4.78 is 0. The molecule has 2 aromatic rings. The summed E-state index contributed by atoms with van der Waals surface area (Å²) in [6, 6.07) is 10.0. The lowest BCUT2D eigenvalue weighted by Crippen LogP contribution is -2.59. The van der Waals surface area contributed by atoms with Crippen molar-refractivity contribution in [3.63, 3.8) is 0 Å². The third-order valence-corrected chi connectivity index (χ3v) is 9.74. The van der Waals surface area contributed by atoms with Crippen LogP contribution in [-0.2, 0) is 10.4 Å². The molecule has 1 unspecified atom stereocenters. The predicted molar refractivity (Wildman–Crippen MR) is 145 cm³/mol. The summed E-state index contributed by atoms with van der Waals surface area (Å²) in [5.74, 6) is -0.696. The number of hydrogen-bond acceptors (Lipinski definition) is 4. The van der Waals surface area contributed by atoms with E-state index in [1.165, 1.54) is 44.6 Å². The number of carbonyl (C=O) groups excluding carboxylic acids is 2. The van der Waals surface area contributed by atoms with Crippen LogP contribution in [0.25, 0.3) is 0 Å². The fourth-order valence-electron chi connectivity index (χ4n) is 6.84. The number of amides is 2. The van der Waals surface area contributed by atoms with Crippen LogP contribution in [0.15, 0.2) is 30.3 Å². The summed E-state index contributed by atoms with van der Waals surface area (Å²) in [4.78, 5) is 30.6. The van der Waals surface area contributed by atoms with Crippen molar-refractivity contribution in [2.24, 2.45) is 11.7 Å². The molecule has 1 heterocycles. The lowest BCUT2D eigenvalue weighted by molar-refractivity contribution is -0.132. The van der Waals surface area contributed by atoms with E-state index in [2.05, 4.69) is 4.90 Å². The van der Waals surface area contributed by atoms with Crippen molar-refractivity contribution in [3.05, 3.63) is 62.6 Å². The number of fused-ring (bicyclic) bond motifs is 1. The number of benzene rings is 2. The molecule has 2 aromatic carbocycles. The maximum atomic E-state index is 14.0. The van der Waals surface area contributed by atoms with E-state index >= 15 is 0 Å². The highest BCUT2D eigenvalue weighted by molar-refractivity contribution is 6.35. The first kappa shape index (κ1) is 25.2. The van der Waals surface area contributed by atoms with E-state index in [1.807, 2.05) is 0 Å². The molecule has 3 saturated carbocycles. The lowest BCUT2D eigenvalue weighted by Gasteiger charge is -2.55. The minimum atomic E-state index is -1.97. The molecule has 0 spiro atoms. The monoisotopic (exact) mass is 541 g/mol. The molecule has 6 rings (SSSR count). The van der Waals surface area contributed by atoms with E-state index in [1.54, 1.807) is 36.1 Å². The Balaban J connectivity index is 1.31. The van der Waals surface area contributed by atoms with E-state index in [-0.39, 0.29) is 10.6 Å². The molecular weight excluding hydrogens is 509 g/mol. The Bertz CT molecular complexity index is 1260. The van der Waals surface area contributed by atoms with Crippen LogP contribution in [0.1, 0.15) is 78.4 Å². The van der Waals surface area contributed by atoms with Gasteiger partial charge in [-0.25, -0.2) is 0 Å². The van der Waals surface area contributed by atoms with Crippen molar-refractivity contribution >= 4 is 40.7 Å². The summed E-state index contributed by atoms with van der Waals surface area (Å²) in [5, 5.41) is 12.7. The van der Waals surface area contributed by atoms with Crippen molar-refractivity contribution in [2.75, 3.05) is 11.4 Å². The summed E-state index contributed by atoms with van der Waals surface area (Å²) in [5.41, 5.74) is 5.85. The van der Waals surface area contributed by atoms with Gasteiger partial charge in [-0.3, -0.25) is 14.5 Å². The van der Waals surface area contributed by atoms with E-state index < -0.39 is 17.4 Å². The molecule has 1 aliphatic heterocycles. The maximum absolute atomic E-state index is 14.0. The molecule has 6 nitrogen and oxygen atoms in total. The fraction of sp³-hybridized carbons (Fsp3) is 0.517. The normalized spacial score (nSPS) is 27.6. The van der Waals surface area contributed by atoms with Crippen LogP contribution in [0.3, 0.4) is 0 Å². The maximum Gasteiger partial charge on any atom is 0.268 e. The molecule has 0 radical (unpaired) electrons. The number of hydrogen-bond donors (Lipinski definition) is 2. The summed E-state index contributed by atoms with van der Waals surface area (Å²) >= 11 is 12.6. The van der Waals surface area contributed by atoms with Crippen molar-refractivity contribution < 1.29 is 14.7 Å². The second kappa shape index (κ2) is 9.26. The number of aliphatic hydroxyl groups is 1. The van der Waals surface area contributed by atoms with Gasteiger partial charge in [0, 0.05) is 51.4 Å². The van der Waals surface area contributed by atoms with Crippen LogP contribution in [0.4, 0.5) is 5.69 Å². The zero-order valence-electron chi connectivity index (χ0n) is 21.1. The van der Waals surface area contributed by atoms with Gasteiger partial charge >= 0.3 is 0 Å². The molecule has 2 amide bonds. The van der Waals surface area contributed by atoms with Crippen LogP contribution in [0.2, 0.25) is 10.0 Å². The van der Waals surface area contributed by atoms with Crippen molar-refractivity contribution in [1.29, 1.82) is 0 Å². The molecule has 3 N–H and O–H groups in total. The number of carbonyl (C=O) groups is 2. The average Bonchev–Trinajstić information content (AvgIpc) is 2.95. The standard InChI is InChI=1S/C29H33Cl2N3O3/c1-16-10-18(27(32)35)13-25-26(16)29(37,23-9-8-19(30)14-24(23)31)28(36)33(25)15-17-11-22(12-17)34(20-4-2-5-20)21-6-3-7-21/h8-10,13-14,17,20-22,37H,2-7,11-12,15H2,1H3,(H2,32,35). The highest BCUT2D eigenvalue weighted by Gasteiger charge is 2.54. The average molecular weight is 543 g/mol. The second-order valence-corrected chi connectivity index (χ2v) is 12.3. The van der Waals surface area contributed by atoms with Gasteiger partial charge < -0.3 is 15.7 Å². The van der Waals surface area contributed by atoms with Gasteiger partial charge in [0.25, 0.3) is 5.91 Å². The number of aryl methyl sites for hydroxylation is 1. The molecule has 37 heavy (non-hydrogen) atoms. The van der Waals surface area contributed by atoms with Crippen LogP contribution in [0, 0.1) is 12.8 Å². The molecule has 3 aliphatic carbocycles. The van der Waals surface area contributed by atoms with Crippen molar-refractivity contribution in [2.45, 2.75) is 82.0 Å². The molecule has 0 bridgehead atoms. The highest BCUT2D eigenvalue weighted by Crippen LogP contribution is 2.50. The fourth-order valence-corrected chi connectivity index (χ4v) is 7.38. The van der Waals surface area contributed by atoms with Crippen molar-refractivity contribution in [1.82, 2.24) is 4.90 Å². The Morgan fingerprint density at radius 2 is 1.73 bits per heavy atom. The van der Waals surface area contributed by atoms with E-state index in [0.29, 0.717) is 45.9 Å². The molecule has 0 saturated heterocycles. The Labute approximate surface area is 227 Å². The van der Waals surface area contributed by atoms with Crippen LogP contribution < -0.4 is 10.6 Å². The van der Waals surface area contributed by atoms with E-state index in [4.69, 9.17) is 28.9 Å². The van der Waals surface area contributed by atoms with Gasteiger partial charge in [0.2, 0.25) is 5.91 Å². The number of anilines is 1. The minimum absolute atomic E-state index is 0.217. The Morgan fingerprint density at radius 3 is 2.27 bits per heavy atom. The van der Waals surface area contributed by atoms with Gasteiger partial charge in [-0.1, -0.05) is 42.1 Å². The molecule has 3 fully saturated rings. The van der Waals surface area contributed by atoms with Gasteiger partial charge in [-0.2, -0.15) is 0 Å². The Hall–Kier alpha value is -2.12. The summed E-state index contributed by atoms with van der Waals surface area (Å²) in [6.45, 7) is 2.27. The number of halogens is 2. The second-order valence-electron chi connectivity index (χ2n) is 11.4. The summed E-state index contributed by atoms with van der Waals surface area (Å²) in [7, 11) is 0. The summed E-state index contributed by atoms with van der Waals surface area (Å²) in [6.07, 6.45) is 9.97. The van der Waals surface area contributed by atoms with Gasteiger partial charge in [0.05, 0.1) is 5.69 Å². The Kier molecular flexibility index (Phi) is 6.30. The minimum Gasteiger partial charge on any atom is -0.372 e. The van der Waals surface area contributed by atoms with Crippen LogP contribution in [-0.4, -0.2) is 46.5 Å². The third-order valence-electron chi connectivity index (χ3n) is 9.19. The van der Waals surface area contributed by atoms with Crippen LogP contribution >= 0.6 is 23.2 Å². The first-order valence-corrected chi connectivity index (χ1v) is 14.2. The van der Waals surface area contributed by atoms with Gasteiger partial charge in [-0.05, 0) is 81.2 Å². The predicted octanol–water partition coefficient (Wildman–Crippen LogP) is 5.17. The van der Waals surface area contributed by atoms with Gasteiger partial charge in [0.15, 0.2) is 5.60 Å². The number of rotatable bonds is 7. The number of nitrogens with two attached hydrogens (primary N) is 1. The topological polar surface area (TPSA) is 86.9 Å². The number of primary amides is 1. The first-order valence-electron chi connectivity index (χ1n) is 13.4. The zero-order chi connectivity index (χ0) is 26.1. The first-order chi connectivity index (χ1) is 17.7. The zero-order valence-corrected chi connectivity index (χ0v) is 22.6. The van der Waals surface area contributed by atoms with Gasteiger partial charge in [-0.15, -0.1) is 0 Å². The van der Waals surface area contributed by atoms with E-state index in [9.17, 15) is 14.7 Å². The molecule has 8 heteroatoms. The SMILES string of the molecule is Cc1cc(C(N)=O)cc2c1C(O)(c1ccc(Cl)cc1Cl)C(=O)N2CC1CC(N(C2CCC2)C2CCC2)C1.